The molecule has 0 aliphatic heterocycles. The van der Waals surface area contributed by atoms with Gasteiger partial charge in [-0.25, -0.2) is 0 Å². The van der Waals surface area contributed by atoms with Gasteiger partial charge in [0.2, 0.25) is 0 Å². The van der Waals surface area contributed by atoms with E-state index in [-0.39, 0.29) is 0 Å². The summed E-state index contributed by atoms with van der Waals surface area (Å²) in [6.07, 6.45) is 0. The molecule has 0 unspecified atom stereocenters. The van der Waals surface area contributed by atoms with Crippen LogP contribution in [0, 0.1) is 0 Å². The highest BCUT2D eigenvalue weighted by molar-refractivity contribution is 5.39. The summed E-state index contributed by atoms with van der Waals surface area (Å²) in [7, 11) is 0. The van der Waals surface area contributed by atoms with Crippen molar-refractivity contribution >= 4 is 0 Å². The summed E-state index contributed by atoms with van der Waals surface area (Å²) in [5.74, 6) is 1.83. The second-order valence-electron chi connectivity index (χ2n) is 4.90. The van der Waals surface area contributed by atoms with Crippen LogP contribution in [0.5, 0.6) is 5.75 Å². The van der Waals surface area contributed by atoms with Gasteiger partial charge < -0.3 is 4.74 Å². The summed E-state index contributed by atoms with van der Waals surface area (Å²) in [6.45, 7) is 9.55. The van der Waals surface area contributed by atoms with Crippen LogP contribution in [-0.2, 0) is 0 Å². The number of azide groups is 1. The minimum absolute atomic E-state index is 0.361. The second-order valence-corrected chi connectivity index (χ2v) is 4.90. The lowest BCUT2D eigenvalue weighted by atomic mass is 9.90. The Labute approximate surface area is 109 Å². The molecule has 0 saturated heterocycles. The molecule has 0 radical (unpaired) electrons. The highest BCUT2D eigenvalue weighted by atomic mass is 16.5. The lowest BCUT2D eigenvalue weighted by molar-refractivity contribution is 0.327. The molecule has 1 aromatic rings. The molecule has 4 nitrogen and oxygen atoms in total. The van der Waals surface area contributed by atoms with Crippen molar-refractivity contribution in [3.05, 3.63) is 39.8 Å². The van der Waals surface area contributed by atoms with Gasteiger partial charge in [0.05, 0.1) is 13.2 Å². The lowest BCUT2D eigenvalue weighted by Crippen LogP contribution is -2.03. The van der Waals surface area contributed by atoms with E-state index < -0.39 is 0 Å². The molecule has 0 saturated carbocycles. The zero-order valence-corrected chi connectivity index (χ0v) is 11.6. The van der Waals surface area contributed by atoms with E-state index >= 15 is 0 Å². The van der Waals surface area contributed by atoms with Gasteiger partial charge in [-0.15, -0.1) is 0 Å². The van der Waals surface area contributed by atoms with Crippen molar-refractivity contribution < 1.29 is 4.74 Å². The maximum Gasteiger partial charge on any atom is 0.119 e. The monoisotopic (exact) mass is 247 g/mol. The normalized spacial score (nSPS) is 10.6. The molecule has 0 heterocycles. The number of ether oxygens (including phenoxy) is 1. The first-order chi connectivity index (χ1) is 8.56. The number of hydrogen-bond acceptors (Lipinski definition) is 2. The predicted octanol–water partition coefficient (Wildman–Crippen LogP) is 4.62. The molecule has 1 rings (SSSR count). The van der Waals surface area contributed by atoms with Crippen LogP contribution in [0.3, 0.4) is 0 Å². The van der Waals surface area contributed by atoms with Crippen LogP contribution in [0.4, 0.5) is 0 Å². The van der Waals surface area contributed by atoms with E-state index in [2.05, 4.69) is 49.9 Å². The summed E-state index contributed by atoms with van der Waals surface area (Å²) in [6, 6.07) is 6.20. The standard InChI is InChI=1S/C14H21N3O/c1-10(2)13-6-5-12(9-14(13)11(3)4)18-8-7-16-17-15/h5-6,9-11H,7-8H2,1-4H3. The third-order valence-electron chi connectivity index (χ3n) is 2.83. The molecule has 0 amide bonds. The number of rotatable bonds is 6. The number of benzene rings is 1. The summed E-state index contributed by atoms with van der Waals surface area (Å²) < 4.78 is 5.57. The first-order valence-electron chi connectivity index (χ1n) is 6.33. The highest BCUT2D eigenvalue weighted by Crippen LogP contribution is 2.29. The maximum absolute atomic E-state index is 8.18. The van der Waals surface area contributed by atoms with Gasteiger partial charge in [0.1, 0.15) is 5.75 Å². The quantitative estimate of drug-likeness (QED) is 0.313. The fourth-order valence-electron chi connectivity index (χ4n) is 1.92. The van der Waals surface area contributed by atoms with Crippen LogP contribution >= 0.6 is 0 Å². The maximum atomic E-state index is 8.18. The first kappa shape index (κ1) is 14.4. The minimum atomic E-state index is 0.361. The summed E-state index contributed by atoms with van der Waals surface area (Å²) in [4.78, 5) is 2.69. The third-order valence-corrected chi connectivity index (χ3v) is 2.83. The van der Waals surface area contributed by atoms with Gasteiger partial charge in [0.25, 0.3) is 0 Å². The summed E-state index contributed by atoms with van der Waals surface area (Å²) >= 11 is 0. The Balaban J connectivity index is 2.83. The molecule has 0 bridgehead atoms. The van der Waals surface area contributed by atoms with Crippen molar-refractivity contribution in [2.24, 2.45) is 5.11 Å². The van der Waals surface area contributed by atoms with Crippen LogP contribution in [0.2, 0.25) is 0 Å². The SMILES string of the molecule is CC(C)c1ccc(OCCN=[N+]=[N-])cc1C(C)C. The Hall–Kier alpha value is -1.67. The molecule has 1 aromatic carbocycles. The molecule has 0 aliphatic rings. The van der Waals surface area contributed by atoms with Crippen LogP contribution in [0.25, 0.3) is 10.4 Å². The Bertz CT molecular complexity index is 435. The molecule has 0 aliphatic carbocycles. The molecule has 0 spiro atoms. The van der Waals surface area contributed by atoms with Crippen molar-refractivity contribution in [3.63, 3.8) is 0 Å². The van der Waals surface area contributed by atoms with Gasteiger partial charge >= 0.3 is 0 Å². The van der Waals surface area contributed by atoms with Crippen molar-refractivity contribution in [1.29, 1.82) is 0 Å². The van der Waals surface area contributed by atoms with E-state index in [4.69, 9.17) is 10.3 Å². The summed E-state index contributed by atoms with van der Waals surface area (Å²) in [5, 5.41) is 3.45. The lowest BCUT2D eigenvalue weighted by Gasteiger charge is -2.17. The Morgan fingerprint density at radius 3 is 2.39 bits per heavy atom. The number of hydrogen-bond donors (Lipinski definition) is 0. The Kier molecular flexibility index (Phi) is 5.53. The van der Waals surface area contributed by atoms with E-state index in [9.17, 15) is 0 Å². The Morgan fingerprint density at radius 1 is 1.17 bits per heavy atom. The third kappa shape index (κ3) is 3.97. The largest absolute Gasteiger partial charge is 0.493 e. The van der Waals surface area contributed by atoms with E-state index in [0.717, 1.165) is 5.75 Å². The minimum Gasteiger partial charge on any atom is -0.493 e. The molecule has 0 N–H and O–H groups in total. The van der Waals surface area contributed by atoms with Gasteiger partial charge in [-0.05, 0) is 40.6 Å². The van der Waals surface area contributed by atoms with Crippen LogP contribution in [-0.4, -0.2) is 13.2 Å². The zero-order chi connectivity index (χ0) is 13.5. The molecule has 18 heavy (non-hydrogen) atoms. The van der Waals surface area contributed by atoms with E-state index in [1.54, 1.807) is 0 Å². The molecule has 98 valence electrons. The molecular weight excluding hydrogens is 226 g/mol. The van der Waals surface area contributed by atoms with Crippen LogP contribution in [0.15, 0.2) is 23.3 Å². The fourth-order valence-corrected chi connectivity index (χ4v) is 1.92. The average molecular weight is 247 g/mol. The highest BCUT2D eigenvalue weighted by Gasteiger charge is 2.11. The van der Waals surface area contributed by atoms with Gasteiger partial charge in [0.15, 0.2) is 0 Å². The zero-order valence-electron chi connectivity index (χ0n) is 11.6. The fraction of sp³-hybridized carbons (Fsp3) is 0.571. The summed E-state index contributed by atoms with van der Waals surface area (Å²) in [5.41, 5.74) is 10.9. The van der Waals surface area contributed by atoms with Crippen molar-refractivity contribution in [2.75, 3.05) is 13.2 Å². The van der Waals surface area contributed by atoms with Crippen LogP contribution in [0.1, 0.15) is 50.7 Å². The van der Waals surface area contributed by atoms with Crippen molar-refractivity contribution in [2.45, 2.75) is 39.5 Å². The van der Waals surface area contributed by atoms with Gasteiger partial charge in [-0.3, -0.25) is 0 Å². The molecule has 4 heteroatoms. The van der Waals surface area contributed by atoms with Crippen LogP contribution < -0.4 is 4.74 Å². The molecular formula is C14H21N3O. The van der Waals surface area contributed by atoms with Crippen molar-refractivity contribution in [3.8, 4) is 5.75 Å². The van der Waals surface area contributed by atoms with Gasteiger partial charge in [0, 0.05) is 4.91 Å². The molecule has 0 aromatic heterocycles. The van der Waals surface area contributed by atoms with Crippen molar-refractivity contribution in [1.82, 2.24) is 0 Å². The van der Waals surface area contributed by atoms with Gasteiger partial charge in [-0.2, -0.15) is 0 Å². The van der Waals surface area contributed by atoms with E-state index in [1.807, 2.05) is 6.07 Å². The number of nitrogens with zero attached hydrogens (tertiary/aromatic N) is 3. The Morgan fingerprint density at radius 2 is 1.83 bits per heavy atom. The topological polar surface area (TPSA) is 58.0 Å². The van der Waals surface area contributed by atoms with E-state index in [0.29, 0.717) is 25.0 Å². The molecule has 0 atom stereocenters. The second kappa shape index (κ2) is 6.92. The average Bonchev–Trinajstić information content (AvgIpc) is 2.34. The molecule has 0 fully saturated rings. The van der Waals surface area contributed by atoms with E-state index in [1.165, 1.54) is 11.1 Å². The predicted molar refractivity (Wildman–Crippen MR) is 74.1 cm³/mol. The first-order valence-corrected chi connectivity index (χ1v) is 6.33. The smallest absolute Gasteiger partial charge is 0.119 e. The van der Waals surface area contributed by atoms with Gasteiger partial charge in [-0.1, -0.05) is 38.9 Å².